The van der Waals surface area contributed by atoms with E-state index in [0.717, 1.165) is 21.1 Å². The number of nitrogens with one attached hydrogen (secondary N) is 1. The van der Waals surface area contributed by atoms with Crippen molar-refractivity contribution in [3.05, 3.63) is 19.2 Å². The largest absolute Gasteiger partial charge is 0.480 e. The summed E-state index contributed by atoms with van der Waals surface area (Å²) < 4.78 is 1.62. The molecule has 1 fully saturated rings. The zero-order valence-electron chi connectivity index (χ0n) is 10.9. The van der Waals surface area contributed by atoms with Crippen molar-refractivity contribution >= 4 is 55.1 Å². The molecule has 1 amide bonds. The summed E-state index contributed by atoms with van der Waals surface area (Å²) in [5.74, 6) is -0.952. The van der Waals surface area contributed by atoms with Crippen LogP contribution < -0.4 is 5.32 Å². The van der Waals surface area contributed by atoms with Crippen molar-refractivity contribution in [2.45, 2.75) is 38.1 Å². The van der Waals surface area contributed by atoms with Crippen molar-refractivity contribution in [1.82, 2.24) is 5.32 Å². The number of rotatable bonds is 3. The molecule has 1 saturated carbocycles. The van der Waals surface area contributed by atoms with Gasteiger partial charge in [0.05, 0.1) is 8.66 Å². The zero-order chi connectivity index (χ0) is 14.9. The molecule has 1 aliphatic carbocycles. The van der Waals surface area contributed by atoms with Gasteiger partial charge in [0.15, 0.2) is 0 Å². The van der Waals surface area contributed by atoms with Crippen LogP contribution in [0.25, 0.3) is 0 Å². The van der Waals surface area contributed by atoms with E-state index in [4.69, 9.17) is 0 Å². The van der Waals surface area contributed by atoms with E-state index in [9.17, 15) is 14.7 Å². The Morgan fingerprint density at radius 3 is 2.70 bits per heavy atom. The van der Waals surface area contributed by atoms with Gasteiger partial charge in [0.2, 0.25) is 0 Å². The number of amides is 1. The molecule has 2 rings (SSSR count). The molecule has 1 aromatic heterocycles. The van der Waals surface area contributed by atoms with Gasteiger partial charge in [-0.05, 0) is 56.7 Å². The Hall–Kier alpha value is -0.400. The molecule has 0 saturated heterocycles. The molecule has 0 bridgehead atoms. The predicted molar refractivity (Wildman–Crippen MR) is 85.2 cm³/mol. The minimum absolute atomic E-state index is 0.307. The number of carbonyl (C=O) groups excluding carboxylic acids is 1. The Bertz CT molecular complexity index is 526. The van der Waals surface area contributed by atoms with Crippen LogP contribution in [0.4, 0.5) is 0 Å². The van der Waals surface area contributed by atoms with Crippen molar-refractivity contribution in [2.24, 2.45) is 5.92 Å². The Morgan fingerprint density at radius 1 is 1.50 bits per heavy atom. The van der Waals surface area contributed by atoms with Crippen molar-refractivity contribution in [1.29, 1.82) is 0 Å². The van der Waals surface area contributed by atoms with Gasteiger partial charge >= 0.3 is 5.97 Å². The summed E-state index contributed by atoms with van der Waals surface area (Å²) in [5.41, 5.74) is -1.13. The topological polar surface area (TPSA) is 66.4 Å². The summed E-state index contributed by atoms with van der Waals surface area (Å²) in [6, 6.07) is 1.70. The average molecular weight is 425 g/mol. The molecule has 0 aliphatic heterocycles. The highest BCUT2D eigenvalue weighted by atomic mass is 79.9. The molecule has 4 nitrogen and oxygen atoms in total. The number of carbonyl (C=O) groups is 2. The second-order valence-electron chi connectivity index (χ2n) is 5.28. The molecule has 2 N–H and O–H groups in total. The standard InChI is InChI=1S/C13H15Br2NO3S/c1-7-3-2-4-13(6-7,12(18)19)16-11(17)9-5-8(14)10(15)20-9/h5,7H,2-4,6H2,1H3,(H,16,17)(H,18,19). The van der Waals surface area contributed by atoms with Gasteiger partial charge in [0.25, 0.3) is 5.91 Å². The summed E-state index contributed by atoms with van der Waals surface area (Å²) in [4.78, 5) is 24.4. The third-order valence-corrected chi connectivity index (χ3v) is 6.88. The van der Waals surface area contributed by atoms with Crippen LogP contribution in [0.15, 0.2) is 14.3 Å². The van der Waals surface area contributed by atoms with Crippen molar-refractivity contribution in [3.8, 4) is 0 Å². The van der Waals surface area contributed by atoms with Gasteiger partial charge in [-0.15, -0.1) is 11.3 Å². The number of carboxylic acids is 1. The maximum absolute atomic E-state index is 12.3. The minimum Gasteiger partial charge on any atom is -0.480 e. The molecular weight excluding hydrogens is 410 g/mol. The van der Waals surface area contributed by atoms with Gasteiger partial charge in [0.1, 0.15) is 5.54 Å². The first-order chi connectivity index (χ1) is 9.34. The highest BCUT2D eigenvalue weighted by Crippen LogP contribution is 2.35. The van der Waals surface area contributed by atoms with Gasteiger partial charge < -0.3 is 10.4 Å². The number of hydrogen-bond acceptors (Lipinski definition) is 3. The fourth-order valence-electron chi connectivity index (χ4n) is 2.65. The number of aliphatic carboxylic acids is 1. The van der Waals surface area contributed by atoms with E-state index in [2.05, 4.69) is 37.2 Å². The van der Waals surface area contributed by atoms with Crippen LogP contribution in [0.3, 0.4) is 0 Å². The van der Waals surface area contributed by atoms with E-state index >= 15 is 0 Å². The van der Waals surface area contributed by atoms with Crippen molar-refractivity contribution < 1.29 is 14.7 Å². The van der Waals surface area contributed by atoms with E-state index in [0.29, 0.717) is 23.6 Å². The highest BCUT2D eigenvalue weighted by molar-refractivity contribution is 9.13. The predicted octanol–water partition coefficient (Wildman–Crippen LogP) is 4.04. The lowest BCUT2D eigenvalue weighted by Gasteiger charge is -2.36. The van der Waals surface area contributed by atoms with Crippen molar-refractivity contribution in [2.75, 3.05) is 0 Å². The van der Waals surface area contributed by atoms with Gasteiger partial charge in [-0.25, -0.2) is 4.79 Å². The Morgan fingerprint density at radius 2 is 2.20 bits per heavy atom. The molecule has 0 radical (unpaired) electrons. The summed E-state index contributed by atoms with van der Waals surface area (Å²) in [6.07, 6.45) is 2.82. The number of carboxylic acid groups (broad SMARTS) is 1. The molecule has 0 aromatic carbocycles. The first-order valence-electron chi connectivity index (χ1n) is 6.35. The number of thiophene rings is 1. The SMILES string of the molecule is CC1CCCC(NC(=O)c2cc(Br)c(Br)s2)(C(=O)O)C1. The first-order valence-corrected chi connectivity index (χ1v) is 8.75. The Labute approximate surface area is 138 Å². The second-order valence-corrected chi connectivity index (χ2v) is 8.50. The van der Waals surface area contributed by atoms with Crippen LogP contribution in [-0.2, 0) is 4.79 Å². The minimum atomic E-state index is -1.13. The summed E-state index contributed by atoms with van der Waals surface area (Å²) in [5, 5.41) is 12.3. The van der Waals surface area contributed by atoms with E-state index in [1.807, 2.05) is 6.92 Å². The van der Waals surface area contributed by atoms with Gasteiger partial charge in [-0.1, -0.05) is 19.8 Å². The van der Waals surface area contributed by atoms with Gasteiger partial charge in [-0.3, -0.25) is 4.79 Å². The Kier molecular flexibility index (Phi) is 4.92. The average Bonchev–Trinajstić information content (AvgIpc) is 2.69. The highest BCUT2D eigenvalue weighted by Gasteiger charge is 2.43. The molecule has 1 aromatic rings. The normalized spacial score (nSPS) is 26.2. The third-order valence-electron chi connectivity index (χ3n) is 3.63. The maximum atomic E-state index is 12.3. The Balaban J connectivity index is 2.20. The molecule has 20 heavy (non-hydrogen) atoms. The van der Waals surface area contributed by atoms with E-state index < -0.39 is 11.5 Å². The zero-order valence-corrected chi connectivity index (χ0v) is 14.9. The molecule has 0 spiro atoms. The summed E-state index contributed by atoms with van der Waals surface area (Å²) >= 11 is 7.95. The maximum Gasteiger partial charge on any atom is 0.329 e. The van der Waals surface area contributed by atoms with Crippen LogP contribution in [-0.4, -0.2) is 22.5 Å². The summed E-state index contributed by atoms with van der Waals surface area (Å²) in [7, 11) is 0. The van der Waals surface area contributed by atoms with E-state index in [1.165, 1.54) is 11.3 Å². The first kappa shape index (κ1) is 16.0. The summed E-state index contributed by atoms with van der Waals surface area (Å²) in [6.45, 7) is 2.03. The van der Waals surface area contributed by atoms with Crippen LogP contribution in [0.2, 0.25) is 0 Å². The fraction of sp³-hybridized carbons (Fsp3) is 0.538. The van der Waals surface area contributed by atoms with Crippen molar-refractivity contribution in [3.63, 3.8) is 0 Å². The molecule has 110 valence electrons. The number of halogens is 2. The molecule has 2 atom stereocenters. The molecule has 2 unspecified atom stereocenters. The monoisotopic (exact) mass is 423 g/mol. The van der Waals surface area contributed by atoms with Gasteiger partial charge in [0, 0.05) is 4.47 Å². The molecule has 7 heteroatoms. The fourth-order valence-corrected chi connectivity index (χ4v) is 4.58. The van der Waals surface area contributed by atoms with Crippen LogP contribution in [0.1, 0.15) is 42.3 Å². The lowest BCUT2D eigenvalue weighted by atomic mass is 9.76. The number of hydrogen-bond donors (Lipinski definition) is 2. The smallest absolute Gasteiger partial charge is 0.329 e. The second kappa shape index (κ2) is 6.15. The van der Waals surface area contributed by atoms with Crippen LogP contribution in [0.5, 0.6) is 0 Å². The molecular formula is C13H15Br2NO3S. The lowest BCUT2D eigenvalue weighted by molar-refractivity contribution is -0.146. The van der Waals surface area contributed by atoms with Crippen LogP contribution in [0, 0.1) is 5.92 Å². The van der Waals surface area contributed by atoms with Crippen LogP contribution >= 0.6 is 43.2 Å². The van der Waals surface area contributed by atoms with E-state index in [1.54, 1.807) is 6.07 Å². The molecule has 1 aliphatic rings. The van der Waals surface area contributed by atoms with E-state index in [-0.39, 0.29) is 5.91 Å². The van der Waals surface area contributed by atoms with Gasteiger partial charge in [-0.2, -0.15) is 0 Å². The third kappa shape index (κ3) is 3.26. The molecule has 1 heterocycles. The lowest BCUT2D eigenvalue weighted by Crippen LogP contribution is -2.56. The quantitative estimate of drug-likeness (QED) is 0.769.